The van der Waals surface area contributed by atoms with Crippen molar-refractivity contribution in [3.8, 4) is 0 Å². The van der Waals surface area contributed by atoms with Gasteiger partial charge in [-0.2, -0.15) is 5.10 Å². The summed E-state index contributed by atoms with van der Waals surface area (Å²) in [6.07, 6.45) is 8.10. The maximum atomic E-state index is 6.26. The van der Waals surface area contributed by atoms with Gasteiger partial charge < -0.3 is 5.73 Å². The first-order chi connectivity index (χ1) is 8.76. The lowest BCUT2D eigenvalue weighted by molar-refractivity contribution is 0.259. The lowest BCUT2D eigenvalue weighted by Gasteiger charge is -2.29. The van der Waals surface area contributed by atoms with Crippen LogP contribution in [0.1, 0.15) is 31.7 Å². The van der Waals surface area contributed by atoms with E-state index in [4.69, 9.17) is 5.73 Å². The molecule has 1 aliphatic heterocycles. The number of likely N-dealkylation sites (tertiary alicyclic amines) is 1. The molecule has 1 saturated carbocycles. The lowest BCUT2D eigenvalue weighted by Crippen LogP contribution is -2.38. The molecule has 0 spiro atoms. The van der Waals surface area contributed by atoms with Gasteiger partial charge in [0.05, 0.1) is 6.20 Å². The maximum absolute atomic E-state index is 6.26. The van der Waals surface area contributed by atoms with Crippen LogP contribution in [0.15, 0.2) is 12.4 Å². The fraction of sp³-hybridized carbons (Fsp3) is 0.786. The Morgan fingerprint density at radius 1 is 1.37 bits per heavy atom. The molecule has 1 aromatic heterocycles. The van der Waals surface area contributed by atoms with Gasteiger partial charge in [-0.15, -0.1) is 12.4 Å². The first-order valence-electron chi connectivity index (χ1n) is 7.25. The van der Waals surface area contributed by atoms with Crippen molar-refractivity contribution in [1.82, 2.24) is 14.7 Å². The van der Waals surface area contributed by atoms with E-state index in [9.17, 15) is 0 Å². The van der Waals surface area contributed by atoms with Crippen LogP contribution in [0.2, 0.25) is 0 Å². The Morgan fingerprint density at radius 2 is 2.21 bits per heavy atom. The van der Waals surface area contributed by atoms with Crippen molar-refractivity contribution in [3.63, 3.8) is 0 Å². The third-order valence-corrected chi connectivity index (χ3v) is 4.65. The first kappa shape index (κ1) is 14.8. The Morgan fingerprint density at radius 3 is 2.89 bits per heavy atom. The van der Waals surface area contributed by atoms with E-state index in [1.165, 1.54) is 37.9 Å². The van der Waals surface area contributed by atoms with Gasteiger partial charge in [-0.25, -0.2) is 0 Å². The summed E-state index contributed by atoms with van der Waals surface area (Å²) >= 11 is 0. The molecule has 1 saturated heterocycles. The van der Waals surface area contributed by atoms with Crippen molar-refractivity contribution >= 4 is 12.4 Å². The quantitative estimate of drug-likeness (QED) is 0.922. The molecular formula is C14H25ClN4. The number of aryl methyl sites for hydroxylation is 1. The first-order valence-corrected chi connectivity index (χ1v) is 7.25. The normalized spacial score (nSPS) is 30.9. The summed E-state index contributed by atoms with van der Waals surface area (Å²) in [7, 11) is 0. The fourth-order valence-electron chi connectivity index (χ4n) is 3.66. The largest absolute Gasteiger partial charge is 0.327 e. The molecule has 1 aromatic rings. The van der Waals surface area contributed by atoms with Crippen LogP contribution in [0.25, 0.3) is 0 Å². The van der Waals surface area contributed by atoms with E-state index in [-0.39, 0.29) is 12.4 Å². The average molecular weight is 285 g/mol. The van der Waals surface area contributed by atoms with E-state index in [0.29, 0.717) is 6.04 Å². The Balaban J connectivity index is 0.00000133. The Bertz CT molecular complexity index is 406. The van der Waals surface area contributed by atoms with Gasteiger partial charge >= 0.3 is 0 Å². The maximum Gasteiger partial charge on any atom is 0.0534 e. The molecule has 5 heteroatoms. The van der Waals surface area contributed by atoms with Gasteiger partial charge in [-0.05, 0) is 31.6 Å². The molecule has 108 valence electrons. The summed E-state index contributed by atoms with van der Waals surface area (Å²) in [5.74, 6) is 1.58. The van der Waals surface area contributed by atoms with Crippen molar-refractivity contribution < 1.29 is 0 Å². The Kier molecular flexibility index (Phi) is 4.87. The highest BCUT2D eigenvalue weighted by molar-refractivity contribution is 5.85. The van der Waals surface area contributed by atoms with E-state index in [1.807, 2.05) is 10.9 Å². The number of nitrogens with two attached hydrogens (primary N) is 1. The molecule has 0 aromatic carbocycles. The zero-order valence-corrected chi connectivity index (χ0v) is 12.5. The second-order valence-electron chi connectivity index (χ2n) is 5.92. The number of hydrogen-bond acceptors (Lipinski definition) is 3. The van der Waals surface area contributed by atoms with Crippen molar-refractivity contribution in [1.29, 1.82) is 0 Å². The average Bonchev–Trinajstić information content (AvgIpc) is 2.96. The molecule has 2 N–H and O–H groups in total. The van der Waals surface area contributed by atoms with Crippen molar-refractivity contribution in [2.45, 2.75) is 45.3 Å². The summed E-state index contributed by atoms with van der Waals surface area (Å²) in [6, 6.07) is 0.437. The molecule has 2 aliphatic rings. The molecule has 4 nitrogen and oxygen atoms in total. The molecule has 1 aliphatic carbocycles. The molecular weight excluding hydrogens is 260 g/mol. The van der Waals surface area contributed by atoms with Crippen molar-refractivity contribution in [2.24, 2.45) is 17.6 Å². The molecule has 3 unspecified atom stereocenters. The molecule has 19 heavy (non-hydrogen) atoms. The molecule has 0 amide bonds. The molecule has 2 fully saturated rings. The van der Waals surface area contributed by atoms with E-state index >= 15 is 0 Å². The highest BCUT2D eigenvalue weighted by Crippen LogP contribution is 2.35. The highest BCUT2D eigenvalue weighted by atomic mass is 35.5. The third-order valence-electron chi connectivity index (χ3n) is 4.65. The van der Waals surface area contributed by atoms with E-state index < -0.39 is 0 Å². The highest BCUT2D eigenvalue weighted by Gasteiger charge is 2.38. The predicted octanol–water partition coefficient (Wildman–Crippen LogP) is 1.88. The molecule has 0 radical (unpaired) electrons. The predicted molar refractivity (Wildman–Crippen MR) is 79.2 cm³/mol. The van der Waals surface area contributed by atoms with Crippen LogP contribution in [0.5, 0.6) is 0 Å². The number of hydrogen-bond donors (Lipinski definition) is 1. The number of aromatic nitrogens is 2. The lowest BCUT2D eigenvalue weighted by atomic mass is 9.78. The van der Waals surface area contributed by atoms with Crippen LogP contribution >= 0.6 is 12.4 Å². The van der Waals surface area contributed by atoms with Crippen LogP contribution in [-0.2, 0) is 13.1 Å². The molecule has 0 bridgehead atoms. The summed E-state index contributed by atoms with van der Waals surface area (Å²) < 4.78 is 2.00. The van der Waals surface area contributed by atoms with Gasteiger partial charge in [0, 0.05) is 44.0 Å². The van der Waals surface area contributed by atoms with Crippen LogP contribution in [0.4, 0.5) is 0 Å². The zero-order valence-electron chi connectivity index (χ0n) is 11.7. The summed E-state index contributed by atoms with van der Waals surface area (Å²) in [6.45, 7) is 6.54. The number of halogens is 1. The molecule has 2 heterocycles. The second-order valence-corrected chi connectivity index (χ2v) is 5.92. The molecule has 3 rings (SSSR count). The van der Waals surface area contributed by atoms with Gasteiger partial charge in [0.25, 0.3) is 0 Å². The minimum atomic E-state index is 0. The van der Waals surface area contributed by atoms with Crippen LogP contribution in [-0.4, -0.2) is 33.8 Å². The standard InChI is InChI=1S/C14H24N4.ClH/c1-2-18-8-11(6-16-18)7-17-9-12-4-3-5-14(15)13(12)10-17;/h6,8,12-14H,2-5,7,9-10,15H2,1H3;1H. The van der Waals surface area contributed by atoms with Crippen LogP contribution in [0, 0.1) is 11.8 Å². The van der Waals surface area contributed by atoms with Crippen molar-refractivity contribution in [2.75, 3.05) is 13.1 Å². The zero-order chi connectivity index (χ0) is 12.5. The minimum Gasteiger partial charge on any atom is -0.327 e. The van der Waals surface area contributed by atoms with Gasteiger partial charge in [-0.1, -0.05) is 6.42 Å². The van der Waals surface area contributed by atoms with Gasteiger partial charge in [0.1, 0.15) is 0 Å². The monoisotopic (exact) mass is 284 g/mol. The topological polar surface area (TPSA) is 47.1 Å². The summed E-state index contributed by atoms with van der Waals surface area (Å²) in [5.41, 5.74) is 7.60. The Labute approximate surface area is 121 Å². The van der Waals surface area contributed by atoms with Gasteiger partial charge in [-0.3, -0.25) is 9.58 Å². The minimum absolute atomic E-state index is 0. The van der Waals surface area contributed by atoms with E-state index in [1.54, 1.807) is 0 Å². The number of fused-ring (bicyclic) bond motifs is 1. The summed E-state index contributed by atoms with van der Waals surface area (Å²) in [5, 5.41) is 4.35. The SMILES string of the molecule is CCn1cc(CN2CC3CCCC(N)C3C2)cn1.Cl. The van der Waals surface area contributed by atoms with Crippen LogP contribution in [0.3, 0.4) is 0 Å². The van der Waals surface area contributed by atoms with Gasteiger partial charge in [0.2, 0.25) is 0 Å². The van der Waals surface area contributed by atoms with E-state index in [2.05, 4.69) is 23.1 Å². The van der Waals surface area contributed by atoms with Crippen molar-refractivity contribution in [3.05, 3.63) is 18.0 Å². The van der Waals surface area contributed by atoms with E-state index in [0.717, 1.165) is 24.9 Å². The molecule has 3 atom stereocenters. The number of rotatable bonds is 3. The third kappa shape index (κ3) is 3.12. The number of nitrogens with zero attached hydrogens (tertiary/aromatic N) is 3. The Hall–Kier alpha value is -0.580. The van der Waals surface area contributed by atoms with Crippen LogP contribution < -0.4 is 5.73 Å². The van der Waals surface area contributed by atoms with Gasteiger partial charge in [0.15, 0.2) is 0 Å². The second kappa shape index (κ2) is 6.25. The summed E-state index contributed by atoms with van der Waals surface area (Å²) in [4.78, 5) is 2.57. The fourth-order valence-corrected chi connectivity index (χ4v) is 3.66. The smallest absolute Gasteiger partial charge is 0.0534 e.